The SMILES string of the molecule is CCCOc1cc(NC(C)CSC)c(N)cc1F. The van der Waals surface area contributed by atoms with Crippen molar-refractivity contribution in [1.82, 2.24) is 0 Å². The Balaban J connectivity index is 2.83. The van der Waals surface area contributed by atoms with Gasteiger partial charge in [0.05, 0.1) is 18.0 Å². The van der Waals surface area contributed by atoms with Crippen LogP contribution in [0.3, 0.4) is 0 Å². The molecule has 0 saturated carbocycles. The molecule has 18 heavy (non-hydrogen) atoms. The van der Waals surface area contributed by atoms with E-state index in [4.69, 9.17) is 10.5 Å². The third kappa shape index (κ3) is 4.29. The van der Waals surface area contributed by atoms with Gasteiger partial charge in [-0.25, -0.2) is 4.39 Å². The highest BCUT2D eigenvalue weighted by atomic mass is 32.2. The fourth-order valence-electron chi connectivity index (χ4n) is 1.57. The van der Waals surface area contributed by atoms with Crippen molar-refractivity contribution in [3.8, 4) is 5.75 Å². The van der Waals surface area contributed by atoms with Crippen molar-refractivity contribution in [3.05, 3.63) is 17.9 Å². The first-order chi connectivity index (χ1) is 8.58. The first kappa shape index (κ1) is 15.0. The lowest BCUT2D eigenvalue weighted by Crippen LogP contribution is -2.18. The van der Waals surface area contributed by atoms with E-state index in [9.17, 15) is 4.39 Å². The minimum atomic E-state index is -0.413. The summed E-state index contributed by atoms with van der Waals surface area (Å²) in [5.41, 5.74) is 6.93. The summed E-state index contributed by atoms with van der Waals surface area (Å²) >= 11 is 1.75. The number of thioether (sulfide) groups is 1. The molecule has 0 spiro atoms. The molecular weight excluding hydrogens is 251 g/mol. The smallest absolute Gasteiger partial charge is 0.167 e. The van der Waals surface area contributed by atoms with Crippen molar-refractivity contribution in [2.45, 2.75) is 26.3 Å². The van der Waals surface area contributed by atoms with Crippen molar-refractivity contribution >= 4 is 23.1 Å². The summed E-state index contributed by atoms with van der Waals surface area (Å²) in [6, 6.07) is 3.21. The first-order valence-electron chi connectivity index (χ1n) is 6.05. The molecule has 3 N–H and O–H groups in total. The summed E-state index contributed by atoms with van der Waals surface area (Å²) in [5.74, 6) is 0.802. The number of nitrogens with two attached hydrogens (primary N) is 1. The van der Waals surface area contributed by atoms with Crippen molar-refractivity contribution in [1.29, 1.82) is 0 Å². The van der Waals surface area contributed by atoms with Gasteiger partial charge in [0, 0.05) is 23.9 Å². The van der Waals surface area contributed by atoms with E-state index in [0.29, 0.717) is 12.3 Å². The first-order valence-corrected chi connectivity index (χ1v) is 7.45. The Morgan fingerprint density at radius 1 is 1.50 bits per heavy atom. The number of nitrogens with one attached hydrogen (secondary N) is 1. The van der Waals surface area contributed by atoms with Crippen LogP contribution in [0.4, 0.5) is 15.8 Å². The maximum atomic E-state index is 13.6. The molecule has 1 rings (SSSR count). The highest BCUT2D eigenvalue weighted by Gasteiger charge is 2.11. The average Bonchev–Trinajstić information content (AvgIpc) is 2.31. The van der Waals surface area contributed by atoms with Gasteiger partial charge in [-0.2, -0.15) is 11.8 Å². The monoisotopic (exact) mass is 272 g/mol. The van der Waals surface area contributed by atoms with Crippen LogP contribution in [0.25, 0.3) is 0 Å². The van der Waals surface area contributed by atoms with Crippen LogP contribution < -0.4 is 15.8 Å². The van der Waals surface area contributed by atoms with E-state index in [-0.39, 0.29) is 11.8 Å². The summed E-state index contributed by atoms with van der Waals surface area (Å²) < 4.78 is 18.9. The zero-order chi connectivity index (χ0) is 13.5. The maximum absolute atomic E-state index is 13.6. The minimum Gasteiger partial charge on any atom is -0.490 e. The molecule has 0 radical (unpaired) electrons. The van der Waals surface area contributed by atoms with Gasteiger partial charge < -0.3 is 15.8 Å². The lowest BCUT2D eigenvalue weighted by atomic mass is 10.2. The fraction of sp³-hybridized carbons (Fsp3) is 0.538. The Kier molecular flexibility index (Phi) is 6.12. The van der Waals surface area contributed by atoms with Gasteiger partial charge in [0.1, 0.15) is 0 Å². The second kappa shape index (κ2) is 7.36. The highest BCUT2D eigenvalue weighted by Crippen LogP contribution is 2.29. The van der Waals surface area contributed by atoms with Gasteiger partial charge >= 0.3 is 0 Å². The topological polar surface area (TPSA) is 47.3 Å². The van der Waals surface area contributed by atoms with Gasteiger partial charge in [-0.3, -0.25) is 0 Å². The Morgan fingerprint density at radius 2 is 2.22 bits per heavy atom. The van der Waals surface area contributed by atoms with Crippen molar-refractivity contribution < 1.29 is 9.13 Å². The van der Waals surface area contributed by atoms with E-state index >= 15 is 0 Å². The van der Waals surface area contributed by atoms with Crippen LogP contribution in [0, 0.1) is 5.82 Å². The molecule has 0 fully saturated rings. The normalized spacial score (nSPS) is 12.2. The van der Waals surface area contributed by atoms with E-state index in [1.165, 1.54) is 6.07 Å². The molecule has 1 aromatic rings. The van der Waals surface area contributed by atoms with Gasteiger partial charge in [0.15, 0.2) is 11.6 Å². The third-order valence-corrected chi connectivity index (χ3v) is 3.22. The number of benzene rings is 1. The molecular formula is C13H21FN2OS. The standard InChI is InChI=1S/C13H21FN2OS/c1-4-5-17-13-7-12(11(15)6-10(13)14)16-9(2)8-18-3/h6-7,9,16H,4-5,8,15H2,1-3H3. The Hall–Kier alpha value is -1.10. The molecule has 1 unspecified atom stereocenters. The predicted molar refractivity (Wildman–Crippen MR) is 78.1 cm³/mol. The quantitative estimate of drug-likeness (QED) is 0.747. The second-order valence-electron chi connectivity index (χ2n) is 4.22. The van der Waals surface area contributed by atoms with E-state index in [1.54, 1.807) is 17.8 Å². The molecule has 1 aromatic carbocycles. The molecule has 0 amide bonds. The van der Waals surface area contributed by atoms with Crippen LogP contribution in [0.15, 0.2) is 12.1 Å². The van der Waals surface area contributed by atoms with E-state index in [0.717, 1.165) is 17.9 Å². The molecule has 0 bridgehead atoms. The fourth-order valence-corrected chi connectivity index (χ4v) is 2.16. The van der Waals surface area contributed by atoms with Crippen molar-refractivity contribution in [2.24, 2.45) is 0 Å². The summed E-state index contributed by atoms with van der Waals surface area (Å²) in [6.45, 7) is 4.54. The Labute approximate surface area is 112 Å². The summed E-state index contributed by atoms with van der Waals surface area (Å²) in [4.78, 5) is 0. The number of hydrogen-bond donors (Lipinski definition) is 2. The molecule has 0 saturated heterocycles. The van der Waals surface area contributed by atoms with Gasteiger partial charge in [-0.1, -0.05) is 6.92 Å². The number of ether oxygens (including phenoxy) is 1. The van der Waals surface area contributed by atoms with Crippen LogP contribution in [-0.4, -0.2) is 24.7 Å². The Bertz CT molecular complexity index is 387. The molecule has 0 heterocycles. The van der Waals surface area contributed by atoms with Gasteiger partial charge in [-0.15, -0.1) is 0 Å². The molecule has 0 aromatic heterocycles. The number of halogens is 1. The molecule has 3 nitrogen and oxygen atoms in total. The van der Waals surface area contributed by atoms with Gasteiger partial charge in [-0.05, 0) is 19.6 Å². The Morgan fingerprint density at radius 3 is 2.83 bits per heavy atom. The molecule has 0 aliphatic rings. The number of nitrogen functional groups attached to an aromatic ring is 1. The molecule has 0 aliphatic heterocycles. The van der Waals surface area contributed by atoms with Crippen LogP contribution in [-0.2, 0) is 0 Å². The van der Waals surface area contributed by atoms with Crippen molar-refractivity contribution in [2.75, 3.05) is 29.7 Å². The van der Waals surface area contributed by atoms with E-state index in [1.807, 2.05) is 13.2 Å². The predicted octanol–water partition coefficient (Wildman–Crippen LogP) is 3.36. The largest absolute Gasteiger partial charge is 0.490 e. The van der Waals surface area contributed by atoms with Gasteiger partial charge in [0.25, 0.3) is 0 Å². The van der Waals surface area contributed by atoms with Crippen LogP contribution in [0.1, 0.15) is 20.3 Å². The third-order valence-electron chi connectivity index (χ3n) is 2.38. The number of anilines is 2. The number of rotatable bonds is 7. The lowest BCUT2D eigenvalue weighted by Gasteiger charge is -2.17. The average molecular weight is 272 g/mol. The zero-order valence-corrected chi connectivity index (χ0v) is 11.9. The van der Waals surface area contributed by atoms with Crippen LogP contribution in [0.2, 0.25) is 0 Å². The van der Waals surface area contributed by atoms with Crippen LogP contribution in [0.5, 0.6) is 5.75 Å². The molecule has 1 atom stereocenters. The van der Waals surface area contributed by atoms with E-state index in [2.05, 4.69) is 12.2 Å². The van der Waals surface area contributed by atoms with E-state index < -0.39 is 5.82 Å². The lowest BCUT2D eigenvalue weighted by molar-refractivity contribution is 0.301. The zero-order valence-electron chi connectivity index (χ0n) is 11.1. The minimum absolute atomic E-state index is 0.255. The summed E-state index contributed by atoms with van der Waals surface area (Å²) in [7, 11) is 0. The molecule has 5 heteroatoms. The second-order valence-corrected chi connectivity index (χ2v) is 5.13. The van der Waals surface area contributed by atoms with Crippen molar-refractivity contribution in [3.63, 3.8) is 0 Å². The van der Waals surface area contributed by atoms with Crippen LogP contribution >= 0.6 is 11.8 Å². The highest BCUT2D eigenvalue weighted by molar-refractivity contribution is 7.98. The molecule has 102 valence electrons. The van der Waals surface area contributed by atoms with Gasteiger partial charge in [0.2, 0.25) is 0 Å². The summed E-state index contributed by atoms with van der Waals surface area (Å²) in [6.07, 6.45) is 2.89. The maximum Gasteiger partial charge on any atom is 0.167 e. The number of hydrogen-bond acceptors (Lipinski definition) is 4. The summed E-state index contributed by atoms with van der Waals surface area (Å²) in [5, 5.41) is 3.26. The molecule has 0 aliphatic carbocycles.